The van der Waals surface area contributed by atoms with Gasteiger partial charge < -0.3 is 4.74 Å². The van der Waals surface area contributed by atoms with Crippen molar-refractivity contribution in [1.29, 1.82) is 0 Å². The first-order valence-corrected chi connectivity index (χ1v) is 7.52. The van der Waals surface area contributed by atoms with Crippen LogP contribution in [0.2, 0.25) is 0 Å². The molecule has 100 valence electrons. The first kappa shape index (κ1) is 13.2. The molecule has 0 N–H and O–H groups in total. The van der Waals surface area contributed by atoms with Gasteiger partial charge in [-0.25, -0.2) is 0 Å². The maximum absolute atomic E-state index is 12.0. The summed E-state index contributed by atoms with van der Waals surface area (Å²) in [5.74, 6) is 0. The third-order valence-electron chi connectivity index (χ3n) is 3.37. The Balaban J connectivity index is 1.85. The van der Waals surface area contributed by atoms with Crippen LogP contribution >= 0.6 is 0 Å². The van der Waals surface area contributed by atoms with Crippen LogP contribution in [-0.2, 0) is 14.9 Å². The molecule has 0 unspecified atom stereocenters. The van der Waals surface area contributed by atoms with Crippen molar-refractivity contribution in [3.63, 3.8) is 0 Å². The fourth-order valence-electron chi connectivity index (χ4n) is 2.20. The zero-order valence-corrected chi connectivity index (χ0v) is 11.2. The molecule has 0 aliphatic carbocycles. The lowest BCUT2D eigenvalue weighted by Crippen LogP contribution is -2.50. The molecule has 0 radical (unpaired) electrons. The molecule has 0 aromatic heterocycles. The van der Waals surface area contributed by atoms with Crippen molar-refractivity contribution in [3.05, 3.63) is 0 Å². The summed E-state index contributed by atoms with van der Waals surface area (Å²) in [5.41, 5.74) is 0. The third kappa shape index (κ3) is 3.17. The van der Waals surface area contributed by atoms with Crippen molar-refractivity contribution < 1.29 is 13.2 Å². The summed E-state index contributed by atoms with van der Waals surface area (Å²) in [7, 11) is -1.55. The van der Waals surface area contributed by atoms with Gasteiger partial charge in [-0.3, -0.25) is 4.90 Å². The average molecular weight is 263 g/mol. The summed E-state index contributed by atoms with van der Waals surface area (Å²) >= 11 is 0. The number of rotatable bonds is 3. The van der Waals surface area contributed by atoms with Gasteiger partial charge in [-0.2, -0.15) is 17.0 Å². The van der Waals surface area contributed by atoms with Crippen LogP contribution in [0.4, 0.5) is 0 Å². The number of nitrogens with zero attached hydrogens (tertiary/aromatic N) is 3. The Kier molecular flexibility index (Phi) is 4.37. The van der Waals surface area contributed by atoms with Gasteiger partial charge in [0.15, 0.2) is 0 Å². The van der Waals surface area contributed by atoms with Gasteiger partial charge >= 0.3 is 0 Å². The number of ether oxygens (including phenoxy) is 1. The number of morpholine rings is 1. The molecular weight excluding hydrogens is 242 g/mol. The first-order valence-electron chi connectivity index (χ1n) is 6.12. The van der Waals surface area contributed by atoms with Crippen LogP contribution in [0.25, 0.3) is 0 Å². The molecule has 0 amide bonds. The van der Waals surface area contributed by atoms with Gasteiger partial charge in [0.1, 0.15) is 0 Å². The molecule has 2 aliphatic rings. The molecule has 0 saturated carbocycles. The molecule has 0 spiro atoms. The van der Waals surface area contributed by atoms with E-state index >= 15 is 0 Å². The summed E-state index contributed by atoms with van der Waals surface area (Å²) in [5, 5.41) is 0. The minimum absolute atomic E-state index is 0.590. The van der Waals surface area contributed by atoms with E-state index < -0.39 is 10.2 Å². The molecule has 0 bridgehead atoms. The van der Waals surface area contributed by atoms with Crippen molar-refractivity contribution in [2.45, 2.75) is 6.42 Å². The van der Waals surface area contributed by atoms with Crippen LogP contribution in [0.3, 0.4) is 0 Å². The molecule has 2 aliphatic heterocycles. The van der Waals surface area contributed by atoms with E-state index in [0.29, 0.717) is 19.6 Å². The maximum Gasteiger partial charge on any atom is 0.281 e. The van der Waals surface area contributed by atoms with Crippen molar-refractivity contribution >= 4 is 10.2 Å². The highest BCUT2D eigenvalue weighted by atomic mass is 32.2. The van der Waals surface area contributed by atoms with E-state index in [9.17, 15) is 8.42 Å². The lowest BCUT2D eigenvalue weighted by molar-refractivity contribution is 0.0358. The quantitative estimate of drug-likeness (QED) is 0.669. The van der Waals surface area contributed by atoms with Gasteiger partial charge in [-0.05, 0) is 6.42 Å². The van der Waals surface area contributed by atoms with E-state index in [4.69, 9.17) is 4.74 Å². The molecular formula is C10H21N3O3S. The maximum atomic E-state index is 12.0. The van der Waals surface area contributed by atoms with E-state index in [-0.39, 0.29) is 0 Å². The fraction of sp³-hybridized carbons (Fsp3) is 1.00. The Labute approximate surface area is 103 Å². The Morgan fingerprint density at radius 3 is 2.47 bits per heavy atom. The second-order valence-corrected chi connectivity index (χ2v) is 6.57. The predicted octanol–water partition coefficient (Wildman–Crippen LogP) is -0.799. The summed E-state index contributed by atoms with van der Waals surface area (Å²) in [6, 6.07) is 0. The predicted molar refractivity (Wildman–Crippen MR) is 65.0 cm³/mol. The van der Waals surface area contributed by atoms with Crippen molar-refractivity contribution in [1.82, 2.24) is 13.5 Å². The smallest absolute Gasteiger partial charge is 0.281 e. The van der Waals surface area contributed by atoms with Crippen molar-refractivity contribution in [3.8, 4) is 0 Å². The second-order valence-electron chi connectivity index (χ2n) is 4.54. The van der Waals surface area contributed by atoms with E-state index in [2.05, 4.69) is 4.90 Å². The van der Waals surface area contributed by atoms with Gasteiger partial charge in [-0.1, -0.05) is 0 Å². The van der Waals surface area contributed by atoms with Gasteiger partial charge in [0, 0.05) is 46.3 Å². The van der Waals surface area contributed by atoms with Gasteiger partial charge in [0.25, 0.3) is 10.2 Å². The van der Waals surface area contributed by atoms with Crippen molar-refractivity contribution in [2.75, 3.05) is 59.5 Å². The molecule has 2 saturated heterocycles. The topological polar surface area (TPSA) is 53.1 Å². The summed E-state index contributed by atoms with van der Waals surface area (Å²) < 4.78 is 32.3. The zero-order chi connectivity index (χ0) is 12.3. The lowest BCUT2D eigenvalue weighted by atomic mass is 10.4. The Morgan fingerprint density at radius 2 is 1.76 bits per heavy atom. The van der Waals surface area contributed by atoms with E-state index in [0.717, 1.165) is 39.3 Å². The van der Waals surface area contributed by atoms with Gasteiger partial charge in [0.05, 0.1) is 13.2 Å². The van der Waals surface area contributed by atoms with E-state index in [1.165, 1.54) is 4.31 Å². The van der Waals surface area contributed by atoms with E-state index in [1.54, 1.807) is 11.4 Å². The minimum Gasteiger partial charge on any atom is -0.379 e. The summed E-state index contributed by atoms with van der Waals surface area (Å²) in [6.07, 6.45) is 0.916. The van der Waals surface area contributed by atoms with Gasteiger partial charge in [-0.15, -0.1) is 0 Å². The van der Waals surface area contributed by atoms with Crippen LogP contribution in [-0.4, -0.2) is 81.5 Å². The molecule has 0 aromatic carbocycles. The molecule has 0 atom stereocenters. The SMILES string of the molecule is CN1CCCN(CCN2CCOCC2)S1(=O)=O. The molecule has 0 aromatic rings. The van der Waals surface area contributed by atoms with Crippen LogP contribution < -0.4 is 0 Å². The minimum atomic E-state index is -3.19. The molecule has 17 heavy (non-hydrogen) atoms. The van der Waals surface area contributed by atoms with Gasteiger partial charge in [0.2, 0.25) is 0 Å². The second kappa shape index (κ2) is 5.62. The average Bonchev–Trinajstić information content (AvgIpc) is 2.32. The third-order valence-corrected chi connectivity index (χ3v) is 5.36. The highest BCUT2D eigenvalue weighted by Crippen LogP contribution is 2.13. The van der Waals surface area contributed by atoms with Crippen molar-refractivity contribution in [2.24, 2.45) is 0 Å². The Morgan fingerprint density at radius 1 is 1.06 bits per heavy atom. The Hall–Kier alpha value is -0.210. The standard InChI is InChI=1S/C10H21N3O3S/c1-11-3-2-4-13(17(11,14)15)6-5-12-7-9-16-10-8-12/h2-10H2,1H3. The summed E-state index contributed by atoms with van der Waals surface area (Å²) in [4.78, 5) is 2.26. The lowest BCUT2D eigenvalue weighted by Gasteiger charge is -2.34. The number of hydrogen-bond acceptors (Lipinski definition) is 4. The fourth-order valence-corrected chi connectivity index (χ4v) is 3.63. The first-order chi connectivity index (χ1) is 8.10. The normalized spacial score (nSPS) is 28.3. The van der Waals surface area contributed by atoms with E-state index in [1.807, 2.05) is 0 Å². The molecule has 2 rings (SSSR count). The molecule has 6 nitrogen and oxygen atoms in total. The molecule has 2 fully saturated rings. The highest BCUT2D eigenvalue weighted by Gasteiger charge is 2.30. The van der Waals surface area contributed by atoms with Crippen LogP contribution in [0.5, 0.6) is 0 Å². The van der Waals surface area contributed by atoms with Crippen LogP contribution in [0, 0.1) is 0 Å². The Bertz CT molecular complexity index is 341. The molecule has 2 heterocycles. The summed E-state index contributed by atoms with van der Waals surface area (Å²) in [6.45, 7) is 6.00. The molecule has 7 heteroatoms. The largest absolute Gasteiger partial charge is 0.379 e. The van der Waals surface area contributed by atoms with Crippen LogP contribution in [0.1, 0.15) is 6.42 Å². The monoisotopic (exact) mass is 263 g/mol. The highest BCUT2D eigenvalue weighted by molar-refractivity contribution is 7.86. The zero-order valence-electron chi connectivity index (χ0n) is 10.3. The van der Waals surface area contributed by atoms with Crippen LogP contribution in [0.15, 0.2) is 0 Å². The number of hydrogen-bond donors (Lipinski definition) is 0.